The second-order valence-electron chi connectivity index (χ2n) is 6.74. The molecule has 1 saturated heterocycles. The van der Waals surface area contributed by atoms with Crippen molar-refractivity contribution in [3.8, 4) is 0 Å². The zero-order valence-electron chi connectivity index (χ0n) is 15.5. The zero-order valence-corrected chi connectivity index (χ0v) is 16.3. The van der Waals surface area contributed by atoms with Crippen molar-refractivity contribution in [3.63, 3.8) is 0 Å². The van der Waals surface area contributed by atoms with Crippen LogP contribution in [0.15, 0.2) is 4.99 Å². The lowest BCUT2D eigenvalue weighted by Gasteiger charge is -2.17. The summed E-state index contributed by atoms with van der Waals surface area (Å²) < 4.78 is 31.1. The molecular formula is C17H34N4O3S. The number of aliphatic imine (C=N–C) groups is 1. The molecule has 2 fully saturated rings. The van der Waals surface area contributed by atoms with E-state index in [9.17, 15) is 8.42 Å². The van der Waals surface area contributed by atoms with E-state index in [2.05, 4.69) is 15.6 Å². The van der Waals surface area contributed by atoms with Crippen LogP contribution < -0.4 is 10.6 Å². The predicted molar refractivity (Wildman–Crippen MR) is 101 cm³/mol. The van der Waals surface area contributed by atoms with Gasteiger partial charge in [-0.05, 0) is 26.2 Å². The fourth-order valence-electron chi connectivity index (χ4n) is 3.36. The molecule has 0 aromatic carbocycles. The van der Waals surface area contributed by atoms with Crippen LogP contribution in [0, 0.1) is 0 Å². The maximum absolute atomic E-state index is 11.8. The summed E-state index contributed by atoms with van der Waals surface area (Å²) in [6.45, 7) is 5.73. The third-order valence-electron chi connectivity index (χ3n) is 4.72. The number of nitrogens with one attached hydrogen (secondary N) is 2. The molecule has 0 aromatic heterocycles. The third kappa shape index (κ3) is 7.50. The van der Waals surface area contributed by atoms with Gasteiger partial charge < -0.3 is 15.4 Å². The Morgan fingerprint density at radius 3 is 2.56 bits per heavy atom. The van der Waals surface area contributed by atoms with E-state index in [1.807, 2.05) is 6.92 Å². The highest BCUT2D eigenvalue weighted by atomic mass is 32.2. The van der Waals surface area contributed by atoms with Crippen LogP contribution in [-0.4, -0.2) is 69.9 Å². The van der Waals surface area contributed by atoms with Crippen LogP contribution in [-0.2, 0) is 14.8 Å². The maximum atomic E-state index is 11.8. The Hall–Kier alpha value is -0.860. The Bertz CT molecular complexity index is 502. The van der Waals surface area contributed by atoms with Crippen molar-refractivity contribution >= 4 is 16.0 Å². The van der Waals surface area contributed by atoms with Gasteiger partial charge in [-0.1, -0.05) is 25.7 Å². The highest BCUT2D eigenvalue weighted by molar-refractivity contribution is 7.89. The Morgan fingerprint density at radius 2 is 1.92 bits per heavy atom. The summed E-state index contributed by atoms with van der Waals surface area (Å²) in [7, 11) is -3.03. The number of nitrogens with zero attached hydrogens (tertiary/aromatic N) is 2. The van der Waals surface area contributed by atoms with Gasteiger partial charge in [0.15, 0.2) is 5.96 Å². The quantitative estimate of drug-likeness (QED) is 0.290. The van der Waals surface area contributed by atoms with E-state index in [1.54, 1.807) is 0 Å². The molecule has 8 heteroatoms. The van der Waals surface area contributed by atoms with Crippen LogP contribution in [0.1, 0.15) is 51.9 Å². The molecule has 7 nitrogen and oxygen atoms in total. The second-order valence-corrected chi connectivity index (χ2v) is 8.83. The first-order valence-electron chi connectivity index (χ1n) is 9.73. The van der Waals surface area contributed by atoms with Crippen molar-refractivity contribution in [3.05, 3.63) is 0 Å². The SMILES string of the molecule is CCNC(=NCCN1CCCS1(=O)=O)NCCOC1CCCCCC1. The molecule has 1 aliphatic carbocycles. The van der Waals surface area contributed by atoms with Crippen molar-refractivity contribution in [2.45, 2.75) is 58.0 Å². The highest BCUT2D eigenvalue weighted by Gasteiger charge is 2.27. The number of rotatable bonds is 8. The summed E-state index contributed by atoms with van der Waals surface area (Å²) in [5, 5.41) is 6.46. The lowest BCUT2D eigenvalue weighted by molar-refractivity contribution is 0.0468. The van der Waals surface area contributed by atoms with Crippen LogP contribution >= 0.6 is 0 Å². The van der Waals surface area contributed by atoms with Crippen LogP contribution in [0.25, 0.3) is 0 Å². The Labute approximate surface area is 152 Å². The summed E-state index contributed by atoms with van der Waals surface area (Å²) in [6, 6.07) is 0. The standard InChI is InChI=1S/C17H34N4O3S/c1-2-18-17(19-10-13-21-12-7-15-25(21,22)23)20-11-14-24-16-8-5-3-4-6-9-16/h16H,2-15H2,1H3,(H2,18,19,20). The number of ether oxygens (including phenoxy) is 1. The van der Waals surface area contributed by atoms with Gasteiger partial charge in [0.05, 0.1) is 25.0 Å². The molecule has 146 valence electrons. The van der Waals surface area contributed by atoms with Gasteiger partial charge in [0.2, 0.25) is 10.0 Å². The third-order valence-corrected chi connectivity index (χ3v) is 6.67. The molecule has 0 bridgehead atoms. The van der Waals surface area contributed by atoms with Gasteiger partial charge in [0.1, 0.15) is 0 Å². The molecule has 2 aliphatic rings. The normalized spacial score (nSPS) is 22.7. The first kappa shape index (κ1) is 20.5. The molecule has 0 spiro atoms. The van der Waals surface area contributed by atoms with E-state index in [0.717, 1.165) is 18.9 Å². The molecule has 2 rings (SSSR count). The molecule has 1 aliphatic heterocycles. The van der Waals surface area contributed by atoms with Gasteiger partial charge >= 0.3 is 0 Å². The summed E-state index contributed by atoms with van der Waals surface area (Å²) in [6.07, 6.45) is 8.72. The van der Waals surface area contributed by atoms with Gasteiger partial charge in [-0.25, -0.2) is 12.7 Å². The van der Waals surface area contributed by atoms with Crippen LogP contribution in [0.3, 0.4) is 0 Å². The molecule has 0 atom stereocenters. The van der Waals surface area contributed by atoms with E-state index in [4.69, 9.17) is 4.74 Å². The van der Waals surface area contributed by atoms with E-state index < -0.39 is 10.0 Å². The van der Waals surface area contributed by atoms with Crippen LogP contribution in [0.5, 0.6) is 0 Å². The highest BCUT2D eigenvalue weighted by Crippen LogP contribution is 2.19. The smallest absolute Gasteiger partial charge is 0.214 e. The topological polar surface area (TPSA) is 83.0 Å². The average molecular weight is 375 g/mol. The Kier molecular flexibility index (Phi) is 8.98. The number of hydrogen-bond acceptors (Lipinski definition) is 4. The fraction of sp³-hybridized carbons (Fsp3) is 0.941. The fourth-order valence-corrected chi connectivity index (χ4v) is 4.88. The minimum absolute atomic E-state index is 0.271. The van der Waals surface area contributed by atoms with Gasteiger partial charge in [-0.3, -0.25) is 4.99 Å². The minimum Gasteiger partial charge on any atom is -0.376 e. The molecule has 25 heavy (non-hydrogen) atoms. The second kappa shape index (κ2) is 11.0. The molecular weight excluding hydrogens is 340 g/mol. The zero-order chi connectivity index (χ0) is 18.0. The molecule has 1 heterocycles. The van der Waals surface area contributed by atoms with Crippen LogP contribution in [0.4, 0.5) is 0 Å². The van der Waals surface area contributed by atoms with Gasteiger partial charge in [-0.15, -0.1) is 0 Å². The summed E-state index contributed by atoms with van der Waals surface area (Å²) >= 11 is 0. The van der Waals surface area contributed by atoms with Gasteiger partial charge in [-0.2, -0.15) is 0 Å². The predicted octanol–water partition coefficient (Wildman–Crippen LogP) is 1.32. The van der Waals surface area contributed by atoms with E-state index in [-0.39, 0.29) is 5.75 Å². The molecule has 0 unspecified atom stereocenters. The van der Waals surface area contributed by atoms with Crippen molar-refractivity contribution in [1.82, 2.24) is 14.9 Å². The van der Waals surface area contributed by atoms with Crippen molar-refractivity contribution in [2.75, 3.05) is 45.1 Å². The van der Waals surface area contributed by atoms with Crippen molar-refractivity contribution in [2.24, 2.45) is 4.99 Å². The summed E-state index contributed by atoms with van der Waals surface area (Å²) in [5.41, 5.74) is 0. The largest absolute Gasteiger partial charge is 0.376 e. The number of hydrogen-bond donors (Lipinski definition) is 2. The van der Waals surface area contributed by atoms with E-state index in [1.165, 1.54) is 42.8 Å². The monoisotopic (exact) mass is 374 g/mol. The Balaban J connectivity index is 1.66. The maximum Gasteiger partial charge on any atom is 0.214 e. The van der Waals surface area contributed by atoms with Crippen molar-refractivity contribution < 1.29 is 13.2 Å². The van der Waals surface area contributed by atoms with E-state index in [0.29, 0.717) is 38.9 Å². The van der Waals surface area contributed by atoms with Gasteiger partial charge in [0, 0.05) is 26.2 Å². The Morgan fingerprint density at radius 1 is 1.16 bits per heavy atom. The van der Waals surface area contributed by atoms with E-state index >= 15 is 0 Å². The summed E-state index contributed by atoms with van der Waals surface area (Å²) in [4.78, 5) is 4.47. The number of guanidine groups is 1. The lowest BCUT2D eigenvalue weighted by Crippen LogP contribution is -2.40. The van der Waals surface area contributed by atoms with Gasteiger partial charge in [0.25, 0.3) is 0 Å². The molecule has 0 amide bonds. The lowest BCUT2D eigenvalue weighted by atomic mass is 10.1. The molecule has 1 saturated carbocycles. The molecule has 0 radical (unpaired) electrons. The molecule has 0 aromatic rings. The first-order chi connectivity index (χ1) is 12.1. The molecule has 2 N–H and O–H groups in total. The average Bonchev–Trinajstić information content (AvgIpc) is 2.78. The minimum atomic E-state index is -3.03. The van der Waals surface area contributed by atoms with Crippen molar-refractivity contribution in [1.29, 1.82) is 0 Å². The van der Waals surface area contributed by atoms with Crippen LogP contribution in [0.2, 0.25) is 0 Å². The first-order valence-corrected chi connectivity index (χ1v) is 11.3. The summed E-state index contributed by atoms with van der Waals surface area (Å²) in [5.74, 6) is 0.997. The number of sulfonamides is 1.